The number of amides is 1. The van der Waals surface area contributed by atoms with E-state index in [4.69, 9.17) is 5.26 Å². The van der Waals surface area contributed by atoms with Crippen molar-refractivity contribution in [2.45, 2.75) is 30.4 Å². The number of aliphatic imine (C=N–C) groups is 1. The first-order valence-corrected chi connectivity index (χ1v) is 13.2. The number of nitriles is 1. The van der Waals surface area contributed by atoms with Crippen LogP contribution in [-0.2, 0) is 9.84 Å². The van der Waals surface area contributed by atoms with Crippen molar-refractivity contribution in [3.05, 3.63) is 71.6 Å². The van der Waals surface area contributed by atoms with Gasteiger partial charge in [0.25, 0.3) is 5.91 Å². The summed E-state index contributed by atoms with van der Waals surface area (Å²) in [7, 11) is -3.32. The second-order valence-electron chi connectivity index (χ2n) is 8.48. The topological polar surface area (TPSA) is 127 Å². The predicted molar refractivity (Wildman–Crippen MR) is 135 cm³/mol. The average molecular weight is 493 g/mol. The van der Waals surface area contributed by atoms with Gasteiger partial charge in [0, 0.05) is 17.5 Å². The molecule has 2 aliphatic rings. The smallest absolute Gasteiger partial charge is 0.255 e. The number of hydrogen-bond acceptors (Lipinski definition) is 8. The number of anilines is 1. The maximum atomic E-state index is 12.6. The monoisotopic (exact) mass is 492 g/mol. The molecule has 2 aromatic carbocycles. The van der Waals surface area contributed by atoms with Gasteiger partial charge in [-0.05, 0) is 81.4 Å². The Hall–Kier alpha value is -3.68. The van der Waals surface area contributed by atoms with Crippen LogP contribution < -0.4 is 16.0 Å². The number of carbonyl (C=O) groups excluding carboxylic acids is 1. The molecular formula is C25H28N6O3S. The molecule has 0 spiro atoms. The van der Waals surface area contributed by atoms with E-state index >= 15 is 0 Å². The molecule has 2 heterocycles. The lowest BCUT2D eigenvalue weighted by Gasteiger charge is -2.20. The molecule has 1 saturated heterocycles. The lowest BCUT2D eigenvalue weighted by molar-refractivity contribution is 0.0967. The predicted octanol–water partition coefficient (Wildman–Crippen LogP) is 2.46. The van der Waals surface area contributed by atoms with Gasteiger partial charge in [0.15, 0.2) is 16.1 Å². The van der Waals surface area contributed by atoms with Gasteiger partial charge in [-0.25, -0.2) is 13.4 Å². The molecule has 10 heteroatoms. The highest BCUT2D eigenvalue weighted by Gasteiger charge is 2.17. The van der Waals surface area contributed by atoms with Crippen LogP contribution in [0.5, 0.6) is 0 Å². The number of rotatable bonds is 9. The summed E-state index contributed by atoms with van der Waals surface area (Å²) in [5, 5.41) is 17.9. The van der Waals surface area contributed by atoms with E-state index in [2.05, 4.69) is 25.8 Å². The van der Waals surface area contributed by atoms with Gasteiger partial charge in [-0.1, -0.05) is 6.07 Å². The highest BCUT2D eigenvalue weighted by atomic mass is 32.2. The molecule has 2 aromatic rings. The zero-order chi connectivity index (χ0) is 24.7. The molecule has 35 heavy (non-hydrogen) atoms. The lowest BCUT2D eigenvalue weighted by atomic mass is 10.1. The fraction of sp³-hybridized carbons (Fsp3) is 0.320. The number of nitrogens with zero attached hydrogens (tertiary/aromatic N) is 3. The van der Waals surface area contributed by atoms with Gasteiger partial charge in [-0.15, -0.1) is 0 Å². The summed E-state index contributed by atoms with van der Waals surface area (Å²) >= 11 is 0. The van der Waals surface area contributed by atoms with E-state index < -0.39 is 16.1 Å². The Morgan fingerprint density at radius 1 is 1.17 bits per heavy atom. The van der Waals surface area contributed by atoms with Gasteiger partial charge < -0.3 is 20.9 Å². The molecule has 3 N–H and O–H groups in total. The van der Waals surface area contributed by atoms with Crippen molar-refractivity contribution in [2.24, 2.45) is 4.99 Å². The van der Waals surface area contributed by atoms with E-state index in [0.717, 1.165) is 19.6 Å². The molecule has 4 rings (SSSR count). The van der Waals surface area contributed by atoms with Crippen molar-refractivity contribution in [3.8, 4) is 6.07 Å². The minimum atomic E-state index is -3.32. The van der Waals surface area contributed by atoms with E-state index in [9.17, 15) is 13.2 Å². The molecule has 1 unspecified atom stereocenters. The summed E-state index contributed by atoms with van der Waals surface area (Å²) in [6.45, 7) is 2.96. The fourth-order valence-corrected chi connectivity index (χ4v) is 5.30. The van der Waals surface area contributed by atoms with Crippen LogP contribution in [0.25, 0.3) is 0 Å². The lowest BCUT2D eigenvalue weighted by Crippen LogP contribution is -2.36. The first-order valence-electron chi connectivity index (χ1n) is 11.6. The standard InChI is InChI=1S/C25H28N6O3S/c26-16-19-5-3-6-20(15-19)24(32)29-22-17-27-25(28-18-22)30-21-7-9-23(10-8-21)35(33,34)14-4-13-31-11-1-2-12-31/h3,5-10,15,17-18,25,27,30H,1-2,4,11-14H2,(H,29,32). The third-order valence-corrected chi connectivity index (χ3v) is 7.69. The molecule has 0 radical (unpaired) electrons. The largest absolute Gasteiger partial charge is 0.351 e. The molecule has 2 aliphatic heterocycles. The first-order chi connectivity index (χ1) is 16.9. The van der Waals surface area contributed by atoms with Crippen molar-refractivity contribution in [3.63, 3.8) is 0 Å². The maximum Gasteiger partial charge on any atom is 0.255 e. The molecule has 0 saturated carbocycles. The Kier molecular flexibility index (Phi) is 7.80. The normalized spacial score (nSPS) is 17.8. The van der Waals surface area contributed by atoms with E-state index in [0.29, 0.717) is 33.8 Å². The van der Waals surface area contributed by atoms with Crippen LogP contribution in [0.15, 0.2) is 70.3 Å². The molecule has 182 valence electrons. The van der Waals surface area contributed by atoms with Crippen LogP contribution in [0.4, 0.5) is 5.69 Å². The number of nitrogens with one attached hydrogen (secondary N) is 3. The summed E-state index contributed by atoms with van der Waals surface area (Å²) in [4.78, 5) is 19.3. The molecule has 9 nitrogen and oxygen atoms in total. The molecule has 1 amide bonds. The Balaban J connectivity index is 1.26. The Morgan fingerprint density at radius 3 is 2.63 bits per heavy atom. The van der Waals surface area contributed by atoms with Crippen LogP contribution in [0, 0.1) is 11.3 Å². The summed E-state index contributed by atoms with van der Waals surface area (Å²) in [5.41, 5.74) is 1.98. The van der Waals surface area contributed by atoms with Gasteiger partial charge in [0.05, 0.1) is 34.2 Å². The number of allylic oxidation sites excluding steroid dienone is 1. The Labute approximate surface area is 205 Å². The molecule has 1 atom stereocenters. The van der Waals surface area contributed by atoms with E-state index in [1.54, 1.807) is 48.7 Å². The zero-order valence-electron chi connectivity index (χ0n) is 19.3. The van der Waals surface area contributed by atoms with E-state index in [-0.39, 0.29) is 11.7 Å². The number of sulfone groups is 1. The van der Waals surface area contributed by atoms with Gasteiger partial charge in [-0.2, -0.15) is 5.26 Å². The number of likely N-dealkylation sites (tertiary alicyclic amines) is 1. The van der Waals surface area contributed by atoms with E-state index in [1.165, 1.54) is 25.1 Å². The third kappa shape index (κ3) is 6.68. The highest BCUT2D eigenvalue weighted by Crippen LogP contribution is 2.18. The maximum absolute atomic E-state index is 12.6. The summed E-state index contributed by atoms with van der Waals surface area (Å²) in [5.74, 6) is -0.199. The van der Waals surface area contributed by atoms with Crippen molar-refractivity contribution in [1.29, 1.82) is 5.26 Å². The summed E-state index contributed by atoms with van der Waals surface area (Å²) in [6, 6.07) is 15.1. The van der Waals surface area contributed by atoms with Crippen LogP contribution in [0.1, 0.15) is 35.2 Å². The number of hydrogen-bond donors (Lipinski definition) is 3. The average Bonchev–Trinajstić information content (AvgIpc) is 3.39. The fourth-order valence-electron chi connectivity index (χ4n) is 4.00. The second-order valence-corrected chi connectivity index (χ2v) is 10.6. The number of benzene rings is 2. The highest BCUT2D eigenvalue weighted by molar-refractivity contribution is 7.91. The van der Waals surface area contributed by atoms with Crippen molar-refractivity contribution in [2.75, 3.05) is 30.7 Å². The molecular weight excluding hydrogens is 464 g/mol. The second kappa shape index (κ2) is 11.2. The number of carbonyl (C=O) groups is 1. The van der Waals surface area contributed by atoms with Gasteiger partial charge >= 0.3 is 0 Å². The summed E-state index contributed by atoms with van der Waals surface area (Å²) in [6.07, 6.45) is 5.71. The molecule has 0 aliphatic carbocycles. The van der Waals surface area contributed by atoms with Crippen molar-refractivity contribution >= 4 is 27.6 Å². The zero-order valence-corrected chi connectivity index (χ0v) is 20.1. The van der Waals surface area contributed by atoms with Crippen molar-refractivity contribution < 1.29 is 13.2 Å². The van der Waals surface area contributed by atoms with E-state index in [1.807, 2.05) is 6.07 Å². The first kappa shape index (κ1) is 24.4. The van der Waals surface area contributed by atoms with Gasteiger partial charge in [0.1, 0.15) is 0 Å². The molecule has 0 aromatic heterocycles. The quantitative estimate of drug-likeness (QED) is 0.491. The Bertz CT molecular complexity index is 1260. The summed E-state index contributed by atoms with van der Waals surface area (Å²) < 4.78 is 25.3. The van der Waals surface area contributed by atoms with Crippen LogP contribution in [0.3, 0.4) is 0 Å². The van der Waals surface area contributed by atoms with Crippen LogP contribution in [0.2, 0.25) is 0 Å². The van der Waals surface area contributed by atoms with Gasteiger partial charge in [0.2, 0.25) is 0 Å². The molecule has 1 fully saturated rings. The van der Waals surface area contributed by atoms with Crippen LogP contribution in [-0.4, -0.2) is 57.1 Å². The van der Waals surface area contributed by atoms with Crippen molar-refractivity contribution in [1.82, 2.24) is 15.5 Å². The molecule has 0 bridgehead atoms. The third-order valence-electron chi connectivity index (χ3n) is 5.87. The minimum Gasteiger partial charge on any atom is -0.351 e. The minimum absolute atomic E-state index is 0.144. The Morgan fingerprint density at radius 2 is 1.94 bits per heavy atom. The SMILES string of the molecule is N#Cc1cccc(C(=O)NC2=CNC(Nc3ccc(S(=O)(=O)CCCN4CCCC4)cc3)N=C2)c1. The van der Waals surface area contributed by atoms with Gasteiger partial charge in [-0.3, -0.25) is 4.79 Å². The van der Waals surface area contributed by atoms with Crippen LogP contribution >= 0.6 is 0 Å².